The number of hydrogen-bond donors (Lipinski definition) is 2. The molecule has 0 saturated heterocycles. The van der Waals surface area contributed by atoms with Crippen LogP contribution in [0.3, 0.4) is 0 Å². The topological polar surface area (TPSA) is 79.0 Å². The zero-order chi connectivity index (χ0) is 16.6. The van der Waals surface area contributed by atoms with Crippen LogP contribution in [-0.4, -0.2) is 13.4 Å². The Kier molecular flexibility index (Phi) is 3.69. The minimum Gasteiger partial charge on any atom is -0.322 e. The highest BCUT2D eigenvalue weighted by Gasteiger charge is 2.16. The van der Waals surface area contributed by atoms with Crippen LogP contribution >= 0.6 is 0 Å². The van der Waals surface area contributed by atoms with Gasteiger partial charge < -0.3 is 4.98 Å². The number of aromatic amines is 1. The highest BCUT2D eigenvalue weighted by atomic mass is 32.2. The molecule has 5 nitrogen and oxygen atoms in total. The number of H-pyrrole nitrogens is 1. The van der Waals surface area contributed by atoms with Crippen LogP contribution in [-0.2, 0) is 10.0 Å². The van der Waals surface area contributed by atoms with Crippen LogP contribution in [0.15, 0.2) is 58.2 Å². The Morgan fingerprint density at radius 2 is 1.70 bits per heavy atom. The molecule has 118 valence electrons. The van der Waals surface area contributed by atoms with Crippen LogP contribution < -0.4 is 10.3 Å². The lowest BCUT2D eigenvalue weighted by Crippen LogP contribution is -2.14. The monoisotopic (exact) mass is 328 g/mol. The Hall–Kier alpha value is -2.60. The first-order valence-electron chi connectivity index (χ1n) is 7.09. The molecule has 0 spiro atoms. The third kappa shape index (κ3) is 2.98. The fourth-order valence-electron chi connectivity index (χ4n) is 2.45. The van der Waals surface area contributed by atoms with Crippen LogP contribution in [0.2, 0.25) is 0 Å². The Labute approximate surface area is 134 Å². The van der Waals surface area contributed by atoms with Crippen LogP contribution in [0, 0.1) is 13.8 Å². The fourth-order valence-corrected chi connectivity index (χ4v) is 3.74. The van der Waals surface area contributed by atoms with E-state index in [1.54, 1.807) is 62.4 Å². The molecule has 2 N–H and O–H groups in total. The van der Waals surface area contributed by atoms with Gasteiger partial charge in [0.2, 0.25) is 0 Å². The zero-order valence-corrected chi connectivity index (χ0v) is 13.6. The molecule has 2 aromatic carbocycles. The molecule has 0 saturated carbocycles. The molecule has 1 heterocycles. The number of benzene rings is 2. The van der Waals surface area contributed by atoms with Gasteiger partial charge in [-0.3, -0.25) is 9.52 Å². The van der Waals surface area contributed by atoms with Gasteiger partial charge in [-0.25, -0.2) is 8.42 Å². The molecule has 0 radical (unpaired) electrons. The smallest absolute Gasteiger partial charge is 0.262 e. The number of rotatable bonds is 3. The maximum atomic E-state index is 12.5. The Morgan fingerprint density at radius 3 is 2.43 bits per heavy atom. The van der Waals surface area contributed by atoms with Crippen molar-refractivity contribution in [3.05, 3.63) is 70.0 Å². The van der Waals surface area contributed by atoms with Crippen molar-refractivity contribution >= 4 is 26.6 Å². The van der Waals surface area contributed by atoms with E-state index in [1.807, 2.05) is 0 Å². The first kappa shape index (κ1) is 15.3. The van der Waals surface area contributed by atoms with E-state index in [1.165, 1.54) is 0 Å². The summed E-state index contributed by atoms with van der Waals surface area (Å²) >= 11 is 0. The van der Waals surface area contributed by atoms with Crippen LogP contribution in [0.25, 0.3) is 10.9 Å². The molecular formula is C17H16N2O3S. The molecule has 3 aromatic rings. The lowest BCUT2D eigenvalue weighted by molar-refractivity contribution is 0.600. The normalized spacial score (nSPS) is 11.6. The molecule has 3 rings (SSSR count). The molecule has 6 heteroatoms. The molecule has 0 amide bonds. The van der Waals surface area contributed by atoms with Gasteiger partial charge in [0.15, 0.2) is 0 Å². The molecular weight excluding hydrogens is 312 g/mol. The van der Waals surface area contributed by atoms with Gasteiger partial charge in [0.1, 0.15) is 0 Å². The Bertz CT molecular complexity index is 1050. The van der Waals surface area contributed by atoms with Crippen LogP contribution in [0.1, 0.15) is 11.1 Å². The van der Waals surface area contributed by atoms with Gasteiger partial charge in [0.05, 0.1) is 4.90 Å². The van der Waals surface area contributed by atoms with E-state index < -0.39 is 10.0 Å². The van der Waals surface area contributed by atoms with E-state index in [9.17, 15) is 13.2 Å². The number of nitrogens with one attached hydrogen (secondary N) is 2. The average molecular weight is 328 g/mol. The SMILES string of the molecule is Cc1ccccc1S(=O)(=O)Nc1ccc2[nH]c(=O)c(C)cc2c1. The molecule has 0 unspecified atom stereocenters. The molecule has 0 aliphatic heterocycles. The summed E-state index contributed by atoms with van der Waals surface area (Å²) in [6, 6.07) is 13.6. The molecule has 1 aromatic heterocycles. The highest BCUT2D eigenvalue weighted by Crippen LogP contribution is 2.22. The van der Waals surface area contributed by atoms with Gasteiger partial charge >= 0.3 is 0 Å². The summed E-state index contributed by atoms with van der Waals surface area (Å²) < 4.78 is 27.6. The highest BCUT2D eigenvalue weighted by molar-refractivity contribution is 7.92. The summed E-state index contributed by atoms with van der Waals surface area (Å²) in [5.74, 6) is 0. The number of hydrogen-bond acceptors (Lipinski definition) is 3. The van der Waals surface area contributed by atoms with E-state index >= 15 is 0 Å². The molecule has 0 aliphatic carbocycles. The van der Waals surface area contributed by atoms with Crippen molar-refractivity contribution in [1.82, 2.24) is 4.98 Å². The van der Waals surface area contributed by atoms with Crippen LogP contribution in [0.5, 0.6) is 0 Å². The standard InChI is InChI=1S/C17H16N2O3S/c1-11-5-3-4-6-16(11)23(21,22)19-14-7-8-15-13(10-14)9-12(2)17(20)18-15/h3-10,19H,1-2H3,(H,18,20). The minimum absolute atomic E-state index is 0.147. The van der Waals surface area contributed by atoms with E-state index in [0.717, 1.165) is 5.39 Å². The zero-order valence-electron chi connectivity index (χ0n) is 12.8. The van der Waals surface area contributed by atoms with E-state index in [-0.39, 0.29) is 10.5 Å². The van der Waals surface area contributed by atoms with Gasteiger partial charge in [-0.2, -0.15) is 0 Å². The molecule has 23 heavy (non-hydrogen) atoms. The average Bonchev–Trinajstić information content (AvgIpc) is 2.48. The van der Waals surface area contributed by atoms with Gasteiger partial charge in [-0.1, -0.05) is 18.2 Å². The summed E-state index contributed by atoms with van der Waals surface area (Å²) in [5.41, 5.74) is 2.23. The number of fused-ring (bicyclic) bond motifs is 1. The summed E-state index contributed by atoms with van der Waals surface area (Å²) in [6.45, 7) is 3.46. The van der Waals surface area contributed by atoms with Crippen molar-refractivity contribution in [2.45, 2.75) is 18.7 Å². The van der Waals surface area contributed by atoms with Crippen molar-refractivity contribution in [3.8, 4) is 0 Å². The van der Waals surface area contributed by atoms with Gasteiger partial charge in [0, 0.05) is 22.2 Å². The predicted molar refractivity (Wildman–Crippen MR) is 91.3 cm³/mol. The fraction of sp³-hybridized carbons (Fsp3) is 0.118. The second kappa shape index (κ2) is 5.55. The van der Waals surface area contributed by atoms with Crippen LogP contribution in [0.4, 0.5) is 5.69 Å². The Morgan fingerprint density at radius 1 is 0.957 bits per heavy atom. The summed E-state index contributed by atoms with van der Waals surface area (Å²) in [5, 5.41) is 0.770. The largest absolute Gasteiger partial charge is 0.322 e. The number of sulfonamides is 1. The molecule has 0 bridgehead atoms. The van der Waals surface area contributed by atoms with Crippen molar-refractivity contribution in [2.24, 2.45) is 0 Å². The number of aromatic nitrogens is 1. The lowest BCUT2D eigenvalue weighted by atomic mass is 10.1. The lowest BCUT2D eigenvalue weighted by Gasteiger charge is -2.11. The third-order valence-electron chi connectivity index (χ3n) is 3.67. The first-order valence-corrected chi connectivity index (χ1v) is 8.57. The predicted octanol–water partition coefficient (Wildman–Crippen LogP) is 2.95. The van der Waals surface area contributed by atoms with E-state index in [2.05, 4.69) is 9.71 Å². The second-order valence-corrected chi connectivity index (χ2v) is 7.11. The van der Waals surface area contributed by atoms with Gasteiger partial charge in [0.25, 0.3) is 15.6 Å². The summed E-state index contributed by atoms with van der Waals surface area (Å²) in [4.78, 5) is 14.6. The maximum absolute atomic E-state index is 12.5. The molecule has 0 aliphatic rings. The summed E-state index contributed by atoms with van der Waals surface area (Å²) in [6.07, 6.45) is 0. The quantitative estimate of drug-likeness (QED) is 0.776. The molecule has 0 atom stereocenters. The van der Waals surface area contributed by atoms with E-state index in [0.29, 0.717) is 22.3 Å². The van der Waals surface area contributed by atoms with Gasteiger partial charge in [-0.15, -0.1) is 0 Å². The molecule has 0 fully saturated rings. The number of aryl methyl sites for hydroxylation is 2. The maximum Gasteiger partial charge on any atom is 0.262 e. The van der Waals surface area contributed by atoms with Crippen molar-refractivity contribution in [2.75, 3.05) is 4.72 Å². The second-order valence-electron chi connectivity index (χ2n) is 5.45. The van der Waals surface area contributed by atoms with Gasteiger partial charge in [-0.05, 0) is 49.7 Å². The number of anilines is 1. The third-order valence-corrected chi connectivity index (χ3v) is 5.21. The van der Waals surface area contributed by atoms with E-state index in [4.69, 9.17) is 0 Å². The van der Waals surface area contributed by atoms with Crippen molar-refractivity contribution in [1.29, 1.82) is 0 Å². The first-order chi connectivity index (χ1) is 10.9. The number of pyridine rings is 1. The van der Waals surface area contributed by atoms with Crippen molar-refractivity contribution < 1.29 is 8.42 Å². The Balaban J connectivity index is 2.03. The summed E-state index contributed by atoms with van der Waals surface area (Å²) in [7, 11) is -3.65. The minimum atomic E-state index is -3.65. The van der Waals surface area contributed by atoms with Crippen molar-refractivity contribution in [3.63, 3.8) is 0 Å².